The van der Waals surface area contributed by atoms with Gasteiger partial charge in [0.1, 0.15) is 6.61 Å². The molecule has 0 spiro atoms. The van der Waals surface area contributed by atoms with E-state index in [4.69, 9.17) is 14.2 Å². The fraction of sp³-hybridized carbons (Fsp3) is 0.267. The van der Waals surface area contributed by atoms with Crippen molar-refractivity contribution in [2.75, 3.05) is 20.8 Å². The molecule has 0 aliphatic heterocycles. The van der Waals surface area contributed by atoms with Crippen LogP contribution in [0.2, 0.25) is 0 Å². The molecule has 0 amide bonds. The molecule has 0 heterocycles. The quantitative estimate of drug-likeness (QED) is 0.584. The van der Waals surface area contributed by atoms with Crippen molar-refractivity contribution in [2.45, 2.75) is 6.92 Å². The lowest BCUT2D eigenvalue weighted by atomic mass is 10.2. The zero-order valence-corrected chi connectivity index (χ0v) is 11.4. The first-order valence-electron chi connectivity index (χ1n) is 5.79. The molecule has 1 rings (SSSR count). The molecule has 0 aromatic heterocycles. The van der Waals surface area contributed by atoms with E-state index in [2.05, 4.69) is 6.58 Å². The van der Waals surface area contributed by atoms with Gasteiger partial charge in [0.15, 0.2) is 11.5 Å². The average Bonchev–Trinajstić information content (AvgIpc) is 2.42. The van der Waals surface area contributed by atoms with E-state index in [1.807, 2.05) is 24.3 Å². The zero-order chi connectivity index (χ0) is 14.3. The van der Waals surface area contributed by atoms with E-state index >= 15 is 0 Å². The average molecular weight is 262 g/mol. The number of esters is 1. The summed E-state index contributed by atoms with van der Waals surface area (Å²) in [6.07, 6.45) is 3.59. The van der Waals surface area contributed by atoms with E-state index in [-0.39, 0.29) is 6.61 Å². The lowest BCUT2D eigenvalue weighted by Gasteiger charge is -2.07. The van der Waals surface area contributed by atoms with E-state index in [9.17, 15) is 4.79 Å². The summed E-state index contributed by atoms with van der Waals surface area (Å²) in [4.78, 5) is 11.1. The minimum absolute atomic E-state index is 0.208. The maximum Gasteiger partial charge on any atom is 0.333 e. The van der Waals surface area contributed by atoms with E-state index in [0.717, 1.165) is 5.56 Å². The Morgan fingerprint density at radius 2 is 1.95 bits per heavy atom. The Balaban J connectivity index is 2.62. The van der Waals surface area contributed by atoms with Crippen molar-refractivity contribution in [3.05, 3.63) is 42.0 Å². The molecule has 0 aliphatic carbocycles. The predicted octanol–water partition coefficient (Wildman–Crippen LogP) is 2.84. The zero-order valence-electron chi connectivity index (χ0n) is 11.4. The Morgan fingerprint density at radius 1 is 1.26 bits per heavy atom. The van der Waals surface area contributed by atoms with Crippen LogP contribution < -0.4 is 9.47 Å². The van der Waals surface area contributed by atoms with Crippen LogP contribution >= 0.6 is 0 Å². The van der Waals surface area contributed by atoms with E-state index < -0.39 is 5.97 Å². The topological polar surface area (TPSA) is 44.8 Å². The van der Waals surface area contributed by atoms with Crippen LogP contribution in [0.25, 0.3) is 6.08 Å². The Hall–Kier alpha value is -2.23. The highest BCUT2D eigenvalue weighted by Gasteiger charge is 2.03. The molecule has 19 heavy (non-hydrogen) atoms. The van der Waals surface area contributed by atoms with E-state index in [0.29, 0.717) is 17.1 Å². The highest BCUT2D eigenvalue weighted by atomic mass is 16.5. The maximum atomic E-state index is 11.1. The van der Waals surface area contributed by atoms with Gasteiger partial charge in [-0.15, -0.1) is 0 Å². The summed E-state index contributed by atoms with van der Waals surface area (Å²) in [5.41, 5.74) is 1.32. The van der Waals surface area contributed by atoms with Gasteiger partial charge in [-0.25, -0.2) is 4.79 Å². The SMILES string of the molecule is C=C(C)C(=O)OC/C=C/c1ccc(OC)c(OC)c1. The van der Waals surface area contributed by atoms with E-state index in [1.165, 1.54) is 0 Å². The van der Waals surface area contributed by atoms with Crippen LogP contribution in [0, 0.1) is 0 Å². The van der Waals surface area contributed by atoms with Crippen molar-refractivity contribution in [1.82, 2.24) is 0 Å². The number of methoxy groups -OCH3 is 2. The third-order valence-corrected chi connectivity index (χ3v) is 2.38. The van der Waals surface area contributed by atoms with Crippen LogP contribution in [0.15, 0.2) is 36.4 Å². The van der Waals surface area contributed by atoms with Gasteiger partial charge in [0, 0.05) is 5.57 Å². The molecule has 102 valence electrons. The highest BCUT2D eigenvalue weighted by molar-refractivity contribution is 5.87. The lowest BCUT2D eigenvalue weighted by Crippen LogP contribution is -2.04. The molecule has 0 fully saturated rings. The minimum atomic E-state index is -0.392. The smallest absolute Gasteiger partial charge is 0.333 e. The maximum absolute atomic E-state index is 11.1. The molecule has 0 bridgehead atoms. The van der Waals surface area contributed by atoms with Crippen molar-refractivity contribution in [2.24, 2.45) is 0 Å². The number of hydrogen-bond donors (Lipinski definition) is 0. The molecule has 1 aromatic carbocycles. The summed E-state index contributed by atoms with van der Waals surface area (Å²) < 4.78 is 15.3. The van der Waals surface area contributed by atoms with Gasteiger partial charge in [-0.1, -0.05) is 18.7 Å². The number of hydrogen-bond acceptors (Lipinski definition) is 4. The second-order valence-corrected chi connectivity index (χ2v) is 3.90. The molecule has 0 aliphatic rings. The molecule has 0 saturated carbocycles. The van der Waals surface area contributed by atoms with Gasteiger partial charge in [-0.3, -0.25) is 0 Å². The molecule has 4 heteroatoms. The first-order valence-corrected chi connectivity index (χ1v) is 5.79. The number of ether oxygens (including phenoxy) is 3. The Labute approximate surface area is 113 Å². The summed E-state index contributed by atoms with van der Waals surface area (Å²) in [5.74, 6) is 0.939. The van der Waals surface area contributed by atoms with Crippen LogP contribution in [-0.2, 0) is 9.53 Å². The fourth-order valence-electron chi connectivity index (χ4n) is 1.39. The van der Waals surface area contributed by atoms with Gasteiger partial charge in [0.25, 0.3) is 0 Å². The molecular weight excluding hydrogens is 244 g/mol. The summed E-state index contributed by atoms with van der Waals surface area (Å²) in [7, 11) is 3.17. The summed E-state index contributed by atoms with van der Waals surface area (Å²) in [6.45, 7) is 5.32. The molecule has 4 nitrogen and oxygen atoms in total. The predicted molar refractivity (Wildman–Crippen MR) is 74.4 cm³/mol. The first kappa shape index (κ1) is 14.8. The first-order chi connectivity index (χ1) is 9.08. The number of carbonyl (C=O) groups excluding carboxylic acids is 1. The molecule has 0 radical (unpaired) electrons. The van der Waals surface area contributed by atoms with Gasteiger partial charge >= 0.3 is 5.97 Å². The molecule has 0 saturated heterocycles. The second kappa shape index (κ2) is 7.26. The monoisotopic (exact) mass is 262 g/mol. The fourth-order valence-corrected chi connectivity index (χ4v) is 1.39. The van der Waals surface area contributed by atoms with Crippen LogP contribution in [0.1, 0.15) is 12.5 Å². The minimum Gasteiger partial charge on any atom is -0.493 e. The van der Waals surface area contributed by atoms with Gasteiger partial charge in [0.05, 0.1) is 14.2 Å². The molecule has 0 N–H and O–H groups in total. The van der Waals surface area contributed by atoms with Crippen LogP contribution in [0.4, 0.5) is 0 Å². The third-order valence-electron chi connectivity index (χ3n) is 2.38. The summed E-state index contributed by atoms with van der Waals surface area (Å²) in [5, 5.41) is 0. The lowest BCUT2D eigenvalue weighted by molar-refractivity contribution is -0.137. The van der Waals surface area contributed by atoms with Gasteiger partial charge in [0.2, 0.25) is 0 Å². The Kier molecular flexibility index (Phi) is 5.67. The summed E-state index contributed by atoms with van der Waals surface area (Å²) in [6, 6.07) is 5.55. The third kappa shape index (κ3) is 4.50. The Bertz CT molecular complexity index is 489. The number of benzene rings is 1. The highest BCUT2D eigenvalue weighted by Crippen LogP contribution is 2.27. The van der Waals surface area contributed by atoms with Crippen LogP contribution in [0.3, 0.4) is 0 Å². The van der Waals surface area contributed by atoms with Crippen molar-refractivity contribution in [3.63, 3.8) is 0 Å². The molecular formula is C15H18O4. The van der Waals surface area contributed by atoms with Crippen LogP contribution in [-0.4, -0.2) is 26.8 Å². The van der Waals surface area contributed by atoms with Gasteiger partial charge in [-0.2, -0.15) is 0 Å². The largest absolute Gasteiger partial charge is 0.493 e. The van der Waals surface area contributed by atoms with Crippen LogP contribution in [0.5, 0.6) is 11.5 Å². The van der Waals surface area contributed by atoms with Crippen molar-refractivity contribution in [3.8, 4) is 11.5 Å². The van der Waals surface area contributed by atoms with Crippen molar-refractivity contribution < 1.29 is 19.0 Å². The number of rotatable bonds is 6. The standard InChI is InChI=1S/C15H18O4/c1-11(2)15(16)19-9-5-6-12-7-8-13(17-3)14(10-12)18-4/h5-8,10H,1,9H2,2-4H3/b6-5+. The Morgan fingerprint density at radius 3 is 2.53 bits per heavy atom. The van der Waals surface area contributed by atoms with Crippen molar-refractivity contribution in [1.29, 1.82) is 0 Å². The normalized spacial score (nSPS) is 10.3. The van der Waals surface area contributed by atoms with Crippen molar-refractivity contribution >= 4 is 12.0 Å². The molecule has 0 unspecified atom stereocenters. The van der Waals surface area contributed by atoms with E-state index in [1.54, 1.807) is 27.2 Å². The number of carbonyl (C=O) groups is 1. The molecule has 1 aromatic rings. The van der Waals surface area contributed by atoms with Gasteiger partial charge in [-0.05, 0) is 30.7 Å². The van der Waals surface area contributed by atoms with Gasteiger partial charge < -0.3 is 14.2 Å². The molecule has 0 atom stereocenters. The summed E-state index contributed by atoms with van der Waals surface area (Å²) >= 11 is 0. The second-order valence-electron chi connectivity index (χ2n) is 3.90.